The molecular formula is C34H59NO4. The Morgan fingerprint density at radius 1 is 0.718 bits per heavy atom. The number of nitrogens with one attached hydrogen (secondary N) is 1. The lowest BCUT2D eigenvalue weighted by atomic mass is 10.0. The molecule has 0 fully saturated rings. The number of carbonyl (C=O) groups excluding carboxylic acids is 1. The quantitative estimate of drug-likeness (QED) is 0.0664. The smallest absolute Gasteiger partial charge is 0.222 e. The number of hydrogen-bond acceptors (Lipinski definition) is 4. The van der Waals surface area contributed by atoms with Gasteiger partial charge in [0, 0.05) is 0 Å². The first-order valence-electron chi connectivity index (χ1n) is 15.5. The van der Waals surface area contributed by atoms with E-state index in [1.165, 1.54) is 38.5 Å². The summed E-state index contributed by atoms with van der Waals surface area (Å²) < 4.78 is 0. The van der Waals surface area contributed by atoms with Crippen LogP contribution in [0.5, 0.6) is 0 Å². The monoisotopic (exact) mass is 545 g/mol. The molecule has 39 heavy (non-hydrogen) atoms. The molecule has 5 nitrogen and oxygen atoms in total. The molecule has 0 aromatic heterocycles. The molecule has 0 aliphatic heterocycles. The highest BCUT2D eigenvalue weighted by Crippen LogP contribution is 2.11. The fraction of sp³-hybridized carbons (Fsp3) is 0.676. The lowest BCUT2D eigenvalue weighted by Gasteiger charge is -2.20. The molecule has 0 saturated heterocycles. The molecule has 0 aliphatic rings. The minimum atomic E-state index is -0.961. The van der Waals surface area contributed by atoms with Crippen molar-refractivity contribution in [3.05, 3.63) is 60.8 Å². The molecule has 0 saturated carbocycles. The lowest BCUT2D eigenvalue weighted by Crippen LogP contribution is -2.45. The third-order valence-corrected chi connectivity index (χ3v) is 6.60. The molecule has 224 valence electrons. The topological polar surface area (TPSA) is 89.8 Å². The van der Waals surface area contributed by atoms with Crippen LogP contribution < -0.4 is 5.32 Å². The highest BCUT2D eigenvalue weighted by atomic mass is 16.3. The highest BCUT2D eigenvalue weighted by Gasteiger charge is 2.19. The van der Waals surface area contributed by atoms with Gasteiger partial charge in [-0.25, -0.2) is 0 Å². The van der Waals surface area contributed by atoms with E-state index in [4.69, 9.17) is 0 Å². The standard InChI is InChI=1S/C34H59NO4/c1-3-5-7-9-11-13-14-15-16-17-18-20-21-23-25-27-31(37)29-34(39)35-32(30-36)33(38)28-26-24-22-19-12-10-8-6-4-2/h4,6,11-13,15-16,19,26,28,31-33,36-38H,3,5,7-10,14,17-18,20-25,27,29-30H2,1-2H3,(H,35,39)/b6-4+,13-11-,16-15-,19-12+,28-26+. The molecule has 0 bridgehead atoms. The summed E-state index contributed by atoms with van der Waals surface area (Å²) in [6.07, 6.45) is 36.4. The van der Waals surface area contributed by atoms with E-state index in [9.17, 15) is 20.1 Å². The van der Waals surface area contributed by atoms with Crippen LogP contribution in [0.2, 0.25) is 0 Å². The minimum absolute atomic E-state index is 0.0111. The van der Waals surface area contributed by atoms with Crippen molar-refractivity contribution in [3.63, 3.8) is 0 Å². The van der Waals surface area contributed by atoms with Crippen LogP contribution in [0, 0.1) is 0 Å². The van der Waals surface area contributed by atoms with E-state index < -0.39 is 18.2 Å². The van der Waals surface area contributed by atoms with Gasteiger partial charge >= 0.3 is 0 Å². The largest absolute Gasteiger partial charge is 0.394 e. The third-order valence-electron chi connectivity index (χ3n) is 6.60. The van der Waals surface area contributed by atoms with Crippen molar-refractivity contribution in [1.82, 2.24) is 5.32 Å². The normalized spacial score (nSPS) is 14.9. The van der Waals surface area contributed by atoms with Gasteiger partial charge in [0.2, 0.25) is 5.91 Å². The summed E-state index contributed by atoms with van der Waals surface area (Å²) in [5, 5.41) is 32.7. The lowest BCUT2D eigenvalue weighted by molar-refractivity contribution is -0.124. The first kappa shape index (κ1) is 37.0. The van der Waals surface area contributed by atoms with Gasteiger partial charge in [-0.05, 0) is 71.1 Å². The van der Waals surface area contributed by atoms with E-state index in [-0.39, 0.29) is 18.9 Å². The van der Waals surface area contributed by atoms with Gasteiger partial charge in [0.25, 0.3) is 0 Å². The second-order valence-corrected chi connectivity index (χ2v) is 10.3. The maximum absolute atomic E-state index is 12.3. The third kappa shape index (κ3) is 26.1. The number of unbranched alkanes of at least 4 members (excludes halogenated alkanes) is 10. The SMILES string of the molecule is C/C=C/CC/C=C/CC/C=C/C(O)C(CO)NC(=O)CC(O)CCCCCCC/C=C\C/C=C\CCCCC. The van der Waals surface area contributed by atoms with Gasteiger partial charge in [0.15, 0.2) is 0 Å². The van der Waals surface area contributed by atoms with Gasteiger partial charge in [0.1, 0.15) is 0 Å². The van der Waals surface area contributed by atoms with Crippen LogP contribution in [-0.2, 0) is 4.79 Å². The summed E-state index contributed by atoms with van der Waals surface area (Å²) in [4.78, 5) is 12.3. The number of rotatable bonds is 26. The Hall–Kier alpha value is -1.95. The zero-order valence-electron chi connectivity index (χ0n) is 25.0. The van der Waals surface area contributed by atoms with Crippen molar-refractivity contribution < 1.29 is 20.1 Å². The second kappa shape index (κ2) is 29.0. The summed E-state index contributed by atoms with van der Waals surface area (Å²) in [5.41, 5.74) is 0. The Morgan fingerprint density at radius 2 is 1.28 bits per heavy atom. The van der Waals surface area contributed by atoms with Gasteiger partial charge in [0.05, 0.1) is 31.3 Å². The summed E-state index contributed by atoms with van der Waals surface area (Å²) in [5.74, 6) is -0.347. The number of aliphatic hydroxyl groups excluding tert-OH is 3. The van der Waals surface area contributed by atoms with Crippen LogP contribution >= 0.6 is 0 Å². The van der Waals surface area contributed by atoms with Gasteiger partial charge in [-0.1, -0.05) is 106 Å². The predicted molar refractivity (Wildman–Crippen MR) is 167 cm³/mol. The molecule has 0 spiro atoms. The van der Waals surface area contributed by atoms with Gasteiger partial charge in [-0.2, -0.15) is 0 Å². The maximum Gasteiger partial charge on any atom is 0.222 e. The van der Waals surface area contributed by atoms with E-state index in [0.29, 0.717) is 6.42 Å². The van der Waals surface area contributed by atoms with Crippen LogP contribution in [-0.4, -0.2) is 46.1 Å². The second-order valence-electron chi connectivity index (χ2n) is 10.3. The number of aliphatic hydroxyl groups is 3. The first-order valence-corrected chi connectivity index (χ1v) is 15.5. The molecule has 0 rings (SSSR count). The number of hydrogen-bond donors (Lipinski definition) is 4. The minimum Gasteiger partial charge on any atom is -0.394 e. The van der Waals surface area contributed by atoms with Crippen molar-refractivity contribution in [2.45, 2.75) is 141 Å². The number of carbonyl (C=O) groups is 1. The molecule has 3 atom stereocenters. The number of amides is 1. The summed E-state index contributed by atoms with van der Waals surface area (Å²) in [6.45, 7) is 3.89. The van der Waals surface area contributed by atoms with Crippen molar-refractivity contribution in [1.29, 1.82) is 0 Å². The maximum atomic E-state index is 12.3. The Morgan fingerprint density at radius 3 is 1.92 bits per heavy atom. The number of allylic oxidation sites excluding steroid dienone is 9. The Labute approximate surface area is 239 Å². The molecule has 0 heterocycles. The van der Waals surface area contributed by atoms with Crippen molar-refractivity contribution in [2.75, 3.05) is 6.61 Å². The van der Waals surface area contributed by atoms with Crippen molar-refractivity contribution >= 4 is 5.91 Å². The van der Waals surface area contributed by atoms with Crippen LogP contribution in [0.4, 0.5) is 0 Å². The Bertz CT molecular complexity index is 695. The molecular weight excluding hydrogens is 486 g/mol. The van der Waals surface area contributed by atoms with Crippen LogP contribution in [0.25, 0.3) is 0 Å². The highest BCUT2D eigenvalue weighted by molar-refractivity contribution is 5.76. The van der Waals surface area contributed by atoms with Gasteiger partial charge in [-0.15, -0.1) is 0 Å². The fourth-order valence-electron chi connectivity index (χ4n) is 4.17. The Balaban J connectivity index is 3.87. The summed E-state index contributed by atoms with van der Waals surface area (Å²) >= 11 is 0. The van der Waals surface area contributed by atoms with Crippen molar-refractivity contribution in [2.24, 2.45) is 0 Å². The average Bonchev–Trinajstić information content (AvgIpc) is 2.92. The van der Waals surface area contributed by atoms with Crippen LogP contribution in [0.1, 0.15) is 123 Å². The zero-order chi connectivity index (χ0) is 28.8. The van der Waals surface area contributed by atoms with Crippen molar-refractivity contribution in [3.8, 4) is 0 Å². The van der Waals surface area contributed by atoms with Crippen LogP contribution in [0.15, 0.2) is 60.8 Å². The molecule has 4 N–H and O–H groups in total. The van der Waals surface area contributed by atoms with E-state index >= 15 is 0 Å². The zero-order valence-corrected chi connectivity index (χ0v) is 25.0. The molecule has 3 unspecified atom stereocenters. The summed E-state index contributed by atoms with van der Waals surface area (Å²) in [7, 11) is 0. The van der Waals surface area contributed by atoms with Gasteiger partial charge < -0.3 is 20.6 Å². The first-order chi connectivity index (χ1) is 19.0. The predicted octanol–water partition coefficient (Wildman–Crippen LogP) is 7.64. The molecule has 5 heteroatoms. The molecule has 0 aromatic rings. The summed E-state index contributed by atoms with van der Waals surface area (Å²) in [6, 6.07) is -0.770. The van der Waals surface area contributed by atoms with E-state index in [1.807, 2.05) is 19.1 Å². The van der Waals surface area contributed by atoms with Gasteiger partial charge in [-0.3, -0.25) is 4.79 Å². The molecule has 0 radical (unpaired) electrons. The van der Waals surface area contributed by atoms with E-state index in [0.717, 1.165) is 57.8 Å². The molecule has 1 amide bonds. The molecule has 0 aromatic carbocycles. The van der Waals surface area contributed by atoms with E-state index in [2.05, 4.69) is 54.8 Å². The Kier molecular flexibility index (Phi) is 27.6. The average molecular weight is 546 g/mol. The molecule has 0 aliphatic carbocycles. The van der Waals surface area contributed by atoms with Crippen LogP contribution in [0.3, 0.4) is 0 Å². The van der Waals surface area contributed by atoms with E-state index in [1.54, 1.807) is 6.08 Å². The fourth-order valence-corrected chi connectivity index (χ4v) is 4.17.